The molecule has 0 aliphatic carbocycles. The largest absolute Gasteiger partial charge is 0.395 e. The molecule has 1 aromatic carbocycles. The average molecular weight is 296 g/mol. The summed E-state index contributed by atoms with van der Waals surface area (Å²) in [6, 6.07) is 4.63. The van der Waals surface area contributed by atoms with Gasteiger partial charge in [0.2, 0.25) is 0 Å². The summed E-state index contributed by atoms with van der Waals surface area (Å²) in [6.45, 7) is 1.67. The second-order valence-electron chi connectivity index (χ2n) is 4.42. The van der Waals surface area contributed by atoms with E-state index in [0.29, 0.717) is 22.6 Å². The van der Waals surface area contributed by atoms with Crippen molar-refractivity contribution in [2.45, 2.75) is 19.4 Å². The van der Waals surface area contributed by atoms with Gasteiger partial charge >= 0.3 is 0 Å². The molecule has 0 saturated carbocycles. The Morgan fingerprint density at radius 2 is 2.15 bits per heavy atom. The summed E-state index contributed by atoms with van der Waals surface area (Å²) in [5.74, 6) is 5.41. The number of carbonyl (C=O) groups is 1. The number of hydrogen-bond acceptors (Lipinski definition) is 3. The molecule has 1 amide bonds. The van der Waals surface area contributed by atoms with Crippen LogP contribution < -0.4 is 0 Å². The maximum atomic E-state index is 12.2. The van der Waals surface area contributed by atoms with Gasteiger partial charge in [-0.1, -0.05) is 23.4 Å². The summed E-state index contributed by atoms with van der Waals surface area (Å²) in [6.07, 6.45) is 0.383. The number of amides is 1. The summed E-state index contributed by atoms with van der Waals surface area (Å²) < 4.78 is 0. The molecule has 0 fully saturated rings. The van der Waals surface area contributed by atoms with Crippen molar-refractivity contribution in [1.29, 1.82) is 0 Å². The number of rotatable bonds is 4. The third-order valence-corrected chi connectivity index (χ3v) is 3.23. The molecule has 108 valence electrons. The number of aliphatic hydroxyl groups excluding tert-OH is 2. The molecule has 1 rings (SSSR count). The highest BCUT2D eigenvalue weighted by molar-refractivity contribution is 6.32. The van der Waals surface area contributed by atoms with Gasteiger partial charge in [-0.25, -0.2) is 0 Å². The van der Waals surface area contributed by atoms with Crippen molar-refractivity contribution in [1.82, 2.24) is 4.90 Å². The fraction of sp³-hybridized carbons (Fsp3) is 0.400. The fourth-order valence-electron chi connectivity index (χ4n) is 1.49. The molecule has 0 radical (unpaired) electrons. The molecule has 0 bridgehead atoms. The Bertz CT molecular complexity index is 534. The Morgan fingerprint density at radius 1 is 1.45 bits per heavy atom. The zero-order valence-electron chi connectivity index (χ0n) is 11.6. The van der Waals surface area contributed by atoms with E-state index in [-0.39, 0.29) is 25.2 Å². The molecule has 0 heterocycles. The van der Waals surface area contributed by atoms with Gasteiger partial charge < -0.3 is 15.1 Å². The van der Waals surface area contributed by atoms with E-state index in [4.69, 9.17) is 21.8 Å². The van der Waals surface area contributed by atoms with Crippen molar-refractivity contribution < 1.29 is 15.0 Å². The summed E-state index contributed by atoms with van der Waals surface area (Å²) in [4.78, 5) is 13.6. The second-order valence-corrected chi connectivity index (χ2v) is 4.82. The molecule has 4 nitrogen and oxygen atoms in total. The van der Waals surface area contributed by atoms with E-state index in [9.17, 15) is 4.79 Å². The van der Waals surface area contributed by atoms with Crippen LogP contribution in [-0.2, 0) is 0 Å². The van der Waals surface area contributed by atoms with E-state index in [1.807, 2.05) is 0 Å². The van der Waals surface area contributed by atoms with Crippen LogP contribution in [0.1, 0.15) is 29.3 Å². The van der Waals surface area contributed by atoms with E-state index < -0.39 is 0 Å². The van der Waals surface area contributed by atoms with Gasteiger partial charge in [0.15, 0.2) is 0 Å². The Kier molecular flexibility index (Phi) is 6.53. The molecule has 0 aliphatic rings. The predicted octanol–water partition coefficient (Wildman–Crippen LogP) is 1.53. The number of halogens is 1. The maximum absolute atomic E-state index is 12.2. The third-order valence-electron chi connectivity index (χ3n) is 2.92. The highest BCUT2D eigenvalue weighted by Crippen LogP contribution is 2.18. The highest BCUT2D eigenvalue weighted by atomic mass is 35.5. The lowest BCUT2D eigenvalue weighted by molar-refractivity contribution is 0.0682. The molecular weight excluding hydrogens is 278 g/mol. The minimum Gasteiger partial charge on any atom is -0.395 e. The zero-order valence-corrected chi connectivity index (χ0v) is 12.3. The van der Waals surface area contributed by atoms with Crippen LogP contribution in [0.15, 0.2) is 18.2 Å². The van der Waals surface area contributed by atoms with Gasteiger partial charge in [-0.05, 0) is 25.1 Å². The molecule has 1 aromatic rings. The van der Waals surface area contributed by atoms with Gasteiger partial charge in [-0.3, -0.25) is 4.79 Å². The van der Waals surface area contributed by atoms with Crippen molar-refractivity contribution in [3.05, 3.63) is 34.3 Å². The number of benzene rings is 1. The minimum absolute atomic E-state index is 0.00499. The van der Waals surface area contributed by atoms with Gasteiger partial charge in [0.05, 0.1) is 24.3 Å². The summed E-state index contributed by atoms with van der Waals surface area (Å²) in [5.41, 5.74) is 1.07. The standard InChI is InChI=1S/C15H18ClNO3/c1-11(10-19)17(2)15(20)13-7-6-12(14(16)9-13)5-3-4-8-18/h6-7,9,11,18-19H,4,8,10H2,1-2H3. The van der Waals surface area contributed by atoms with E-state index in [1.54, 1.807) is 32.2 Å². The Hall–Kier alpha value is -1.54. The van der Waals surface area contributed by atoms with Crippen LogP contribution >= 0.6 is 11.6 Å². The van der Waals surface area contributed by atoms with E-state index in [1.165, 1.54) is 4.90 Å². The summed E-state index contributed by atoms with van der Waals surface area (Å²) in [5, 5.41) is 18.1. The van der Waals surface area contributed by atoms with Crippen LogP contribution in [0, 0.1) is 11.8 Å². The number of hydrogen-bond donors (Lipinski definition) is 2. The van der Waals surface area contributed by atoms with Gasteiger partial charge in [0.1, 0.15) is 0 Å². The first-order valence-electron chi connectivity index (χ1n) is 6.28. The van der Waals surface area contributed by atoms with Crippen molar-refractivity contribution >= 4 is 17.5 Å². The molecule has 1 unspecified atom stereocenters. The number of nitrogens with zero attached hydrogens (tertiary/aromatic N) is 1. The second kappa shape index (κ2) is 7.91. The van der Waals surface area contributed by atoms with Crippen LogP contribution in [0.3, 0.4) is 0 Å². The molecule has 0 aliphatic heterocycles. The minimum atomic E-state index is -0.259. The van der Waals surface area contributed by atoms with Crippen molar-refractivity contribution in [3.63, 3.8) is 0 Å². The van der Waals surface area contributed by atoms with E-state index in [0.717, 1.165) is 0 Å². The smallest absolute Gasteiger partial charge is 0.253 e. The highest BCUT2D eigenvalue weighted by Gasteiger charge is 2.17. The van der Waals surface area contributed by atoms with Crippen LogP contribution in [-0.4, -0.2) is 47.3 Å². The van der Waals surface area contributed by atoms with Gasteiger partial charge in [0, 0.05) is 24.6 Å². The lowest BCUT2D eigenvalue weighted by atomic mass is 10.1. The van der Waals surface area contributed by atoms with E-state index >= 15 is 0 Å². The third kappa shape index (κ3) is 4.24. The maximum Gasteiger partial charge on any atom is 0.253 e. The zero-order chi connectivity index (χ0) is 15.1. The molecule has 0 aromatic heterocycles. The molecule has 20 heavy (non-hydrogen) atoms. The first-order chi connectivity index (χ1) is 9.51. The molecule has 2 N–H and O–H groups in total. The fourth-order valence-corrected chi connectivity index (χ4v) is 1.72. The van der Waals surface area contributed by atoms with Crippen molar-refractivity contribution in [3.8, 4) is 11.8 Å². The first kappa shape index (κ1) is 16.5. The normalized spacial score (nSPS) is 11.4. The lowest BCUT2D eigenvalue weighted by Gasteiger charge is -2.23. The van der Waals surface area contributed by atoms with Crippen LogP contribution in [0.4, 0.5) is 0 Å². The first-order valence-corrected chi connectivity index (χ1v) is 6.66. The lowest BCUT2D eigenvalue weighted by Crippen LogP contribution is -2.37. The monoisotopic (exact) mass is 295 g/mol. The van der Waals surface area contributed by atoms with Crippen LogP contribution in [0.5, 0.6) is 0 Å². The molecule has 0 saturated heterocycles. The SMILES string of the molecule is CC(CO)N(C)C(=O)c1ccc(C#CCCO)c(Cl)c1. The van der Waals surface area contributed by atoms with Crippen LogP contribution in [0.2, 0.25) is 5.02 Å². The molecule has 1 atom stereocenters. The predicted molar refractivity (Wildman–Crippen MR) is 78.7 cm³/mol. The Labute approximate surface area is 124 Å². The molecular formula is C15H18ClNO3. The average Bonchev–Trinajstić information content (AvgIpc) is 2.46. The van der Waals surface area contributed by atoms with Gasteiger partial charge in [-0.2, -0.15) is 0 Å². The number of aliphatic hydroxyl groups is 2. The van der Waals surface area contributed by atoms with Crippen molar-refractivity contribution in [2.75, 3.05) is 20.3 Å². The van der Waals surface area contributed by atoms with Crippen LogP contribution in [0.25, 0.3) is 0 Å². The molecule has 0 spiro atoms. The quantitative estimate of drug-likeness (QED) is 0.828. The topological polar surface area (TPSA) is 60.8 Å². The Balaban J connectivity index is 2.93. The van der Waals surface area contributed by atoms with Gasteiger partial charge in [-0.15, -0.1) is 0 Å². The van der Waals surface area contributed by atoms with E-state index in [2.05, 4.69) is 11.8 Å². The summed E-state index contributed by atoms with van der Waals surface area (Å²) >= 11 is 6.09. The van der Waals surface area contributed by atoms with Crippen molar-refractivity contribution in [2.24, 2.45) is 0 Å². The Morgan fingerprint density at radius 3 is 2.70 bits per heavy atom. The van der Waals surface area contributed by atoms with Gasteiger partial charge in [0.25, 0.3) is 5.91 Å². The summed E-state index contributed by atoms with van der Waals surface area (Å²) in [7, 11) is 1.63. The number of likely N-dealkylation sites (N-methyl/N-ethyl adjacent to an activating group) is 1. The molecule has 5 heteroatoms. The number of carbonyl (C=O) groups excluding carboxylic acids is 1.